The molecule has 0 spiro atoms. The maximum atomic E-state index is 6.03. The Kier molecular flexibility index (Phi) is 1.99. The lowest BCUT2D eigenvalue weighted by atomic mass is 9.97. The number of hydrogen-bond acceptors (Lipinski definition) is 2. The zero-order valence-corrected chi connectivity index (χ0v) is 9.24. The molecule has 0 aromatic heterocycles. The molecule has 1 aromatic carbocycles. The van der Waals surface area contributed by atoms with Gasteiger partial charge in [-0.15, -0.1) is 0 Å². The lowest BCUT2D eigenvalue weighted by molar-refractivity contribution is 0.425. The Hall–Kier alpha value is -1.02. The quantitative estimate of drug-likeness (QED) is 0.695. The zero-order chi connectivity index (χ0) is 10.4. The molecule has 0 bridgehead atoms. The van der Waals surface area contributed by atoms with Gasteiger partial charge < -0.3 is 10.6 Å². The Labute approximate surface area is 91.1 Å². The fourth-order valence-corrected chi connectivity index (χ4v) is 2.96. The molecule has 2 atom stereocenters. The topological polar surface area (TPSA) is 29.3 Å². The van der Waals surface area contributed by atoms with Crippen molar-refractivity contribution >= 4 is 5.69 Å². The van der Waals surface area contributed by atoms with Crippen LogP contribution in [0.15, 0.2) is 18.2 Å². The van der Waals surface area contributed by atoms with Crippen LogP contribution in [0.4, 0.5) is 5.69 Å². The van der Waals surface area contributed by atoms with E-state index < -0.39 is 0 Å². The number of nitrogens with zero attached hydrogens (tertiary/aromatic N) is 1. The highest BCUT2D eigenvalue weighted by Crippen LogP contribution is 2.36. The average molecular weight is 202 g/mol. The molecule has 3 rings (SSSR count). The number of rotatable bonds is 0. The van der Waals surface area contributed by atoms with Crippen molar-refractivity contribution in [2.24, 2.45) is 5.73 Å². The van der Waals surface area contributed by atoms with Gasteiger partial charge in [-0.25, -0.2) is 0 Å². The molecule has 2 N–H and O–H groups in total. The number of nitrogens with two attached hydrogens (primary N) is 1. The molecule has 0 saturated carbocycles. The van der Waals surface area contributed by atoms with E-state index in [0.29, 0.717) is 12.1 Å². The summed E-state index contributed by atoms with van der Waals surface area (Å²) < 4.78 is 0. The van der Waals surface area contributed by atoms with E-state index in [2.05, 4.69) is 30.0 Å². The number of benzene rings is 1. The fourth-order valence-electron chi connectivity index (χ4n) is 2.96. The summed E-state index contributed by atoms with van der Waals surface area (Å²) in [5.74, 6) is 0. The van der Waals surface area contributed by atoms with Gasteiger partial charge >= 0.3 is 0 Å². The molecule has 15 heavy (non-hydrogen) atoms. The van der Waals surface area contributed by atoms with Gasteiger partial charge in [-0.1, -0.05) is 12.1 Å². The number of piperidine rings is 1. The van der Waals surface area contributed by atoms with E-state index >= 15 is 0 Å². The van der Waals surface area contributed by atoms with Crippen LogP contribution < -0.4 is 10.6 Å². The third-order valence-electron chi connectivity index (χ3n) is 3.76. The molecule has 0 amide bonds. The summed E-state index contributed by atoms with van der Waals surface area (Å²) in [6, 6.07) is 7.92. The lowest BCUT2D eigenvalue weighted by Gasteiger charge is -2.35. The summed E-state index contributed by atoms with van der Waals surface area (Å²) >= 11 is 0. The van der Waals surface area contributed by atoms with Crippen LogP contribution in [0.2, 0.25) is 0 Å². The molecule has 2 nitrogen and oxygen atoms in total. The molecular weight excluding hydrogens is 184 g/mol. The van der Waals surface area contributed by atoms with Crippen molar-refractivity contribution in [2.45, 2.75) is 38.3 Å². The summed E-state index contributed by atoms with van der Waals surface area (Å²) in [6.45, 7) is 3.31. The Bertz CT molecular complexity index is 386. The Morgan fingerprint density at radius 1 is 1.40 bits per heavy atom. The van der Waals surface area contributed by atoms with Gasteiger partial charge in [-0.2, -0.15) is 0 Å². The van der Waals surface area contributed by atoms with Crippen molar-refractivity contribution in [3.05, 3.63) is 29.3 Å². The smallest absolute Gasteiger partial charge is 0.0404 e. The van der Waals surface area contributed by atoms with Crippen molar-refractivity contribution < 1.29 is 0 Å². The van der Waals surface area contributed by atoms with E-state index in [4.69, 9.17) is 5.73 Å². The Balaban J connectivity index is 1.96. The van der Waals surface area contributed by atoms with Crippen LogP contribution in [0.25, 0.3) is 0 Å². The molecule has 1 aromatic rings. The summed E-state index contributed by atoms with van der Waals surface area (Å²) in [5.41, 5.74) is 10.4. The molecule has 2 heteroatoms. The van der Waals surface area contributed by atoms with Crippen LogP contribution in [0, 0.1) is 6.92 Å². The molecular formula is C13H18N2. The third kappa shape index (κ3) is 1.44. The molecule has 2 aliphatic rings. The van der Waals surface area contributed by atoms with Gasteiger partial charge in [0.2, 0.25) is 0 Å². The normalized spacial score (nSPS) is 28.8. The molecule has 2 unspecified atom stereocenters. The number of anilines is 1. The lowest BCUT2D eigenvalue weighted by Crippen LogP contribution is -2.45. The monoisotopic (exact) mass is 202 g/mol. The van der Waals surface area contributed by atoms with E-state index in [9.17, 15) is 0 Å². The van der Waals surface area contributed by atoms with Crippen LogP contribution in [-0.2, 0) is 6.42 Å². The van der Waals surface area contributed by atoms with Gasteiger partial charge in [0.15, 0.2) is 0 Å². The first-order chi connectivity index (χ1) is 7.24. The van der Waals surface area contributed by atoms with E-state index in [1.54, 1.807) is 0 Å². The Morgan fingerprint density at radius 2 is 2.27 bits per heavy atom. The molecule has 0 radical (unpaired) electrons. The third-order valence-corrected chi connectivity index (χ3v) is 3.76. The number of hydrogen-bond donors (Lipinski definition) is 1. The average Bonchev–Trinajstić information content (AvgIpc) is 2.54. The second-order valence-corrected chi connectivity index (χ2v) is 4.97. The van der Waals surface area contributed by atoms with Crippen LogP contribution in [0.5, 0.6) is 0 Å². The second-order valence-electron chi connectivity index (χ2n) is 4.97. The highest BCUT2D eigenvalue weighted by atomic mass is 15.2. The van der Waals surface area contributed by atoms with E-state index in [-0.39, 0.29) is 0 Å². The molecule has 2 heterocycles. The summed E-state index contributed by atoms with van der Waals surface area (Å²) in [5, 5.41) is 0. The maximum absolute atomic E-state index is 6.03. The first kappa shape index (κ1) is 9.22. The predicted octanol–water partition coefficient (Wildman–Crippen LogP) is 1.85. The van der Waals surface area contributed by atoms with E-state index in [0.717, 1.165) is 19.4 Å². The molecule has 1 fully saturated rings. The van der Waals surface area contributed by atoms with Gasteiger partial charge in [0.05, 0.1) is 0 Å². The van der Waals surface area contributed by atoms with Crippen LogP contribution in [0.3, 0.4) is 0 Å². The largest absolute Gasteiger partial charge is 0.368 e. The van der Waals surface area contributed by atoms with Crippen molar-refractivity contribution in [2.75, 3.05) is 11.4 Å². The maximum Gasteiger partial charge on any atom is 0.0404 e. The van der Waals surface area contributed by atoms with Gasteiger partial charge in [0.25, 0.3) is 0 Å². The summed E-state index contributed by atoms with van der Waals surface area (Å²) in [6.07, 6.45) is 3.50. The highest BCUT2D eigenvalue weighted by molar-refractivity contribution is 5.61. The number of aryl methyl sites for hydroxylation is 1. The second kappa shape index (κ2) is 3.24. The molecule has 2 aliphatic heterocycles. The van der Waals surface area contributed by atoms with Crippen molar-refractivity contribution in [1.29, 1.82) is 0 Å². The Morgan fingerprint density at radius 3 is 3.13 bits per heavy atom. The van der Waals surface area contributed by atoms with Crippen molar-refractivity contribution in [3.63, 3.8) is 0 Å². The minimum Gasteiger partial charge on any atom is -0.368 e. The SMILES string of the molecule is Cc1ccc2c(c1)N1CCC(N)CC1C2. The fraction of sp³-hybridized carbons (Fsp3) is 0.538. The van der Waals surface area contributed by atoms with Gasteiger partial charge in [0.1, 0.15) is 0 Å². The number of fused-ring (bicyclic) bond motifs is 3. The van der Waals surface area contributed by atoms with Gasteiger partial charge in [-0.3, -0.25) is 0 Å². The minimum atomic E-state index is 0.418. The first-order valence-electron chi connectivity index (χ1n) is 5.86. The van der Waals surface area contributed by atoms with Crippen LogP contribution >= 0.6 is 0 Å². The zero-order valence-electron chi connectivity index (χ0n) is 9.24. The summed E-state index contributed by atoms with van der Waals surface area (Å²) in [4.78, 5) is 2.56. The van der Waals surface area contributed by atoms with Gasteiger partial charge in [0, 0.05) is 24.3 Å². The van der Waals surface area contributed by atoms with E-state index in [1.165, 1.54) is 23.2 Å². The predicted molar refractivity (Wildman–Crippen MR) is 63.2 cm³/mol. The first-order valence-corrected chi connectivity index (χ1v) is 5.86. The van der Waals surface area contributed by atoms with E-state index in [1.807, 2.05) is 0 Å². The summed E-state index contributed by atoms with van der Waals surface area (Å²) in [7, 11) is 0. The van der Waals surface area contributed by atoms with Crippen LogP contribution in [0.1, 0.15) is 24.0 Å². The van der Waals surface area contributed by atoms with Crippen LogP contribution in [-0.4, -0.2) is 18.6 Å². The van der Waals surface area contributed by atoms with Gasteiger partial charge in [-0.05, 0) is 43.4 Å². The minimum absolute atomic E-state index is 0.418. The van der Waals surface area contributed by atoms with Crippen molar-refractivity contribution in [1.82, 2.24) is 0 Å². The van der Waals surface area contributed by atoms with Crippen molar-refractivity contribution in [3.8, 4) is 0 Å². The molecule has 80 valence electrons. The standard InChI is InChI=1S/C13H18N2/c1-9-2-3-10-7-12-8-11(14)4-5-15(12)13(10)6-9/h2-3,6,11-12H,4-5,7-8,14H2,1H3. The molecule has 1 saturated heterocycles. The highest BCUT2D eigenvalue weighted by Gasteiger charge is 2.33. The molecule has 0 aliphatic carbocycles.